The molecule has 1 aromatic heterocycles. The van der Waals surface area contributed by atoms with Gasteiger partial charge in [-0.1, -0.05) is 60.7 Å². The summed E-state index contributed by atoms with van der Waals surface area (Å²) in [5.74, 6) is 1.08. The molecule has 0 aliphatic carbocycles. The molecule has 2 heterocycles. The van der Waals surface area contributed by atoms with E-state index < -0.39 is 0 Å². The molecule has 1 aliphatic rings. The number of rotatable bonds is 11. The smallest absolute Gasteiger partial charge is 0.254 e. The summed E-state index contributed by atoms with van der Waals surface area (Å²) < 4.78 is 6.08. The number of nitrogens with zero attached hydrogens (tertiary/aromatic N) is 3. The Labute approximate surface area is 242 Å². The van der Waals surface area contributed by atoms with Gasteiger partial charge in [-0.2, -0.15) is 0 Å². The number of carbonyl (C=O) groups excluding carboxylic acids is 2. The molecule has 1 fully saturated rings. The molecular weight excluding hydrogens is 510 g/mol. The van der Waals surface area contributed by atoms with Crippen molar-refractivity contribution in [3.05, 3.63) is 120 Å². The number of ketones is 1. The third-order valence-corrected chi connectivity index (χ3v) is 7.64. The van der Waals surface area contributed by atoms with Gasteiger partial charge in [0.1, 0.15) is 11.5 Å². The Morgan fingerprint density at radius 2 is 1.51 bits per heavy atom. The molecule has 1 saturated heterocycles. The van der Waals surface area contributed by atoms with E-state index in [9.17, 15) is 9.59 Å². The maximum atomic E-state index is 13.5. The third kappa shape index (κ3) is 7.68. The van der Waals surface area contributed by atoms with Crippen LogP contribution in [0, 0.1) is 0 Å². The van der Waals surface area contributed by atoms with E-state index >= 15 is 0 Å². The SMILES string of the molecule is CN1CCN(C(=O)c2ccccc2-c2ccccc2CCOc2ccc(CC(=O)CCc3cccnc3)cc2)CC1. The summed E-state index contributed by atoms with van der Waals surface area (Å²) in [5.41, 5.74) is 5.98. The van der Waals surface area contributed by atoms with Gasteiger partial charge in [-0.25, -0.2) is 0 Å². The van der Waals surface area contributed by atoms with Crippen molar-refractivity contribution < 1.29 is 14.3 Å². The van der Waals surface area contributed by atoms with Crippen molar-refractivity contribution >= 4 is 11.7 Å². The molecule has 210 valence electrons. The second-order valence-corrected chi connectivity index (χ2v) is 10.6. The minimum absolute atomic E-state index is 0.0930. The first kappa shape index (κ1) is 28.2. The summed E-state index contributed by atoms with van der Waals surface area (Å²) in [6.07, 6.45) is 5.90. The fourth-order valence-electron chi connectivity index (χ4n) is 5.21. The molecule has 6 heteroatoms. The van der Waals surface area contributed by atoms with Crippen molar-refractivity contribution in [2.45, 2.75) is 25.7 Å². The highest BCUT2D eigenvalue weighted by Crippen LogP contribution is 2.29. The van der Waals surface area contributed by atoms with Crippen LogP contribution < -0.4 is 4.74 Å². The lowest BCUT2D eigenvalue weighted by Crippen LogP contribution is -2.47. The van der Waals surface area contributed by atoms with Gasteiger partial charge in [-0.05, 0) is 65.6 Å². The molecule has 3 aromatic carbocycles. The number of piperazine rings is 1. The quantitative estimate of drug-likeness (QED) is 0.248. The van der Waals surface area contributed by atoms with Crippen LogP contribution in [0.3, 0.4) is 0 Å². The topological polar surface area (TPSA) is 62.7 Å². The molecule has 0 N–H and O–H groups in total. The van der Waals surface area contributed by atoms with E-state index in [0.717, 1.165) is 65.3 Å². The van der Waals surface area contributed by atoms with Crippen molar-refractivity contribution in [3.8, 4) is 16.9 Å². The van der Waals surface area contributed by atoms with Gasteiger partial charge in [0, 0.05) is 63.4 Å². The van der Waals surface area contributed by atoms with Gasteiger partial charge in [0.15, 0.2) is 0 Å². The second kappa shape index (κ2) is 13.9. The number of benzene rings is 3. The molecule has 5 rings (SSSR count). The molecule has 0 radical (unpaired) electrons. The molecule has 6 nitrogen and oxygen atoms in total. The van der Waals surface area contributed by atoms with Crippen LogP contribution in [-0.2, 0) is 24.1 Å². The molecule has 1 aliphatic heterocycles. The van der Waals surface area contributed by atoms with E-state index in [0.29, 0.717) is 32.3 Å². The fraction of sp³-hybridized carbons (Fsp3) is 0.286. The maximum Gasteiger partial charge on any atom is 0.254 e. The lowest BCUT2D eigenvalue weighted by Gasteiger charge is -2.33. The molecule has 4 aromatic rings. The largest absolute Gasteiger partial charge is 0.493 e. The average molecular weight is 548 g/mol. The molecule has 41 heavy (non-hydrogen) atoms. The molecular formula is C35H37N3O3. The van der Waals surface area contributed by atoms with Gasteiger partial charge in [-0.3, -0.25) is 14.6 Å². The van der Waals surface area contributed by atoms with Crippen LogP contribution in [0.15, 0.2) is 97.3 Å². The third-order valence-electron chi connectivity index (χ3n) is 7.64. The highest BCUT2D eigenvalue weighted by molar-refractivity contribution is 6.01. The zero-order valence-corrected chi connectivity index (χ0v) is 23.7. The number of likely N-dealkylation sites (N-methyl/N-ethyl adjacent to an activating group) is 1. The summed E-state index contributed by atoms with van der Waals surface area (Å²) in [4.78, 5) is 34.2. The van der Waals surface area contributed by atoms with E-state index in [4.69, 9.17) is 4.74 Å². The number of carbonyl (C=O) groups is 2. The Hall–Kier alpha value is -4.29. The Bertz CT molecular complexity index is 1450. The van der Waals surface area contributed by atoms with Crippen molar-refractivity contribution in [1.29, 1.82) is 0 Å². The lowest BCUT2D eigenvalue weighted by molar-refractivity contribution is -0.118. The van der Waals surface area contributed by atoms with Crippen LogP contribution in [0.5, 0.6) is 5.75 Å². The molecule has 0 spiro atoms. The van der Waals surface area contributed by atoms with Crippen LogP contribution in [-0.4, -0.2) is 66.3 Å². The normalized spacial score (nSPS) is 13.6. The van der Waals surface area contributed by atoms with Crippen molar-refractivity contribution in [3.63, 3.8) is 0 Å². The first-order valence-corrected chi connectivity index (χ1v) is 14.3. The summed E-state index contributed by atoms with van der Waals surface area (Å²) in [7, 11) is 2.09. The molecule has 0 unspecified atom stereocenters. The van der Waals surface area contributed by atoms with E-state index in [2.05, 4.69) is 29.1 Å². The van der Waals surface area contributed by atoms with E-state index in [1.807, 2.05) is 83.9 Å². The minimum Gasteiger partial charge on any atom is -0.493 e. The van der Waals surface area contributed by atoms with Crippen LogP contribution in [0.25, 0.3) is 11.1 Å². The van der Waals surface area contributed by atoms with Crippen LogP contribution in [0.1, 0.15) is 33.5 Å². The standard InChI is InChI=1S/C35H37N3O3/c1-37-20-22-38(23-21-37)35(40)34-11-5-4-10-33(34)32-9-3-2-8-29(32)18-24-41-31-16-13-27(14-17-31)25-30(39)15-12-28-7-6-19-36-26-28/h2-11,13-14,16-17,19,26H,12,15,18,20-25H2,1H3. The number of aromatic nitrogens is 1. The number of pyridine rings is 1. The first-order chi connectivity index (χ1) is 20.1. The van der Waals surface area contributed by atoms with Gasteiger partial charge >= 0.3 is 0 Å². The van der Waals surface area contributed by atoms with Crippen LogP contribution >= 0.6 is 0 Å². The van der Waals surface area contributed by atoms with Crippen LogP contribution in [0.2, 0.25) is 0 Å². The number of hydrogen-bond donors (Lipinski definition) is 0. The Morgan fingerprint density at radius 3 is 2.27 bits per heavy atom. The Morgan fingerprint density at radius 1 is 0.780 bits per heavy atom. The molecule has 0 bridgehead atoms. The summed E-state index contributed by atoms with van der Waals surface area (Å²) >= 11 is 0. The predicted octanol–water partition coefficient (Wildman–Crippen LogP) is 5.50. The maximum absolute atomic E-state index is 13.5. The second-order valence-electron chi connectivity index (χ2n) is 10.6. The van der Waals surface area contributed by atoms with Crippen molar-refractivity contribution in [1.82, 2.24) is 14.8 Å². The van der Waals surface area contributed by atoms with E-state index in [1.165, 1.54) is 0 Å². The number of ether oxygens (including phenoxy) is 1. The first-order valence-electron chi connectivity index (χ1n) is 14.3. The van der Waals surface area contributed by atoms with Crippen molar-refractivity contribution in [2.24, 2.45) is 0 Å². The van der Waals surface area contributed by atoms with Gasteiger partial charge in [-0.15, -0.1) is 0 Å². The monoisotopic (exact) mass is 547 g/mol. The van der Waals surface area contributed by atoms with Gasteiger partial charge in [0.2, 0.25) is 0 Å². The zero-order chi connectivity index (χ0) is 28.4. The average Bonchev–Trinajstić information content (AvgIpc) is 3.02. The molecule has 1 amide bonds. The predicted molar refractivity (Wildman–Crippen MR) is 162 cm³/mol. The highest BCUT2D eigenvalue weighted by Gasteiger charge is 2.23. The van der Waals surface area contributed by atoms with Gasteiger partial charge < -0.3 is 14.5 Å². The van der Waals surface area contributed by atoms with E-state index in [1.54, 1.807) is 6.20 Å². The summed E-state index contributed by atoms with van der Waals surface area (Å²) in [5, 5.41) is 0. The summed E-state index contributed by atoms with van der Waals surface area (Å²) in [6, 6.07) is 27.8. The minimum atomic E-state index is 0.0930. The number of aryl methyl sites for hydroxylation is 1. The van der Waals surface area contributed by atoms with Gasteiger partial charge in [0.05, 0.1) is 6.61 Å². The number of amides is 1. The van der Waals surface area contributed by atoms with E-state index in [-0.39, 0.29) is 11.7 Å². The Kier molecular flexibility index (Phi) is 9.55. The van der Waals surface area contributed by atoms with Crippen molar-refractivity contribution in [2.75, 3.05) is 39.8 Å². The lowest BCUT2D eigenvalue weighted by atomic mass is 9.93. The molecule has 0 saturated carbocycles. The van der Waals surface area contributed by atoms with Gasteiger partial charge in [0.25, 0.3) is 5.91 Å². The molecule has 0 atom stereocenters. The number of Topliss-reactive ketones (excluding diaryl/α,β-unsaturated/α-hetero) is 1. The highest BCUT2D eigenvalue weighted by atomic mass is 16.5. The summed E-state index contributed by atoms with van der Waals surface area (Å²) in [6.45, 7) is 3.79. The number of hydrogen-bond acceptors (Lipinski definition) is 5. The van der Waals surface area contributed by atoms with Crippen LogP contribution in [0.4, 0.5) is 0 Å². The Balaban J connectivity index is 1.17. The fourth-order valence-corrected chi connectivity index (χ4v) is 5.21. The zero-order valence-electron chi connectivity index (χ0n) is 23.7.